The topological polar surface area (TPSA) is 96.4 Å². The van der Waals surface area contributed by atoms with Crippen molar-refractivity contribution < 1.29 is 29.0 Å². The number of ether oxygens (including phenoxy) is 2. The third kappa shape index (κ3) is 4.01. The number of nitrogens with zero attached hydrogens (tertiary/aromatic N) is 2. The van der Waals surface area contributed by atoms with Crippen LogP contribution in [0.4, 0.5) is 0 Å². The molecule has 3 heterocycles. The summed E-state index contributed by atoms with van der Waals surface area (Å²) in [5.74, 6) is -2.75. The van der Waals surface area contributed by atoms with E-state index in [1.54, 1.807) is 11.0 Å². The molecule has 3 aliphatic heterocycles. The first-order valence-corrected chi connectivity index (χ1v) is 12.0. The lowest BCUT2D eigenvalue weighted by Crippen LogP contribution is -2.57. The average Bonchev–Trinajstić information content (AvgIpc) is 3.28. The molecule has 1 spiro atoms. The van der Waals surface area contributed by atoms with Crippen LogP contribution in [0.25, 0.3) is 0 Å². The third-order valence-corrected chi connectivity index (χ3v) is 7.68. The molecular formula is C25H38N2O6. The summed E-state index contributed by atoms with van der Waals surface area (Å²) in [6.07, 6.45) is 6.50. The highest BCUT2D eigenvalue weighted by Crippen LogP contribution is 2.65. The Morgan fingerprint density at radius 2 is 2.06 bits per heavy atom. The monoisotopic (exact) mass is 462 g/mol. The lowest BCUT2D eigenvalue weighted by Gasteiger charge is -2.37. The zero-order chi connectivity index (χ0) is 24.4. The first kappa shape index (κ1) is 25.4. The third-order valence-electron chi connectivity index (χ3n) is 7.68. The summed E-state index contributed by atoms with van der Waals surface area (Å²) < 4.78 is 12.0. The van der Waals surface area contributed by atoms with Gasteiger partial charge in [-0.2, -0.15) is 0 Å². The summed E-state index contributed by atoms with van der Waals surface area (Å²) in [6, 6.07) is -0.898. The number of β-amino-alcohol motifs (C(OH)–C–C–N with tert-alkyl or cyclic N) is 1. The summed E-state index contributed by atoms with van der Waals surface area (Å²) in [4.78, 5) is 43.9. The van der Waals surface area contributed by atoms with Crippen molar-refractivity contribution in [3.05, 3.63) is 25.3 Å². The van der Waals surface area contributed by atoms with Crippen LogP contribution in [-0.4, -0.2) is 82.8 Å². The summed E-state index contributed by atoms with van der Waals surface area (Å²) in [5.41, 5.74) is -2.03. The van der Waals surface area contributed by atoms with Crippen LogP contribution in [-0.2, 0) is 23.9 Å². The SMILES string of the molecule is C=CCOC(=O)[C@@H]1[C@H]2C(=O)N(CCO)C(C(=O)N(CC=C)CCCCC)C23CC(C)[C@@]1(C)O3. The Labute approximate surface area is 196 Å². The fraction of sp³-hybridized carbons (Fsp3) is 0.720. The number of aliphatic hydroxyl groups excluding tert-OH is 1. The molecular weight excluding hydrogens is 424 g/mol. The number of aliphatic hydroxyl groups is 1. The minimum absolute atomic E-state index is 0.00720. The lowest BCUT2D eigenvalue weighted by atomic mass is 9.62. The Morgan fingerprint density at radius 1 is 1.33 bits per heavy atom. The van der Waals surface area contributed by atoms with Crippen molar-refractivity contribution in [2.45, 2.75) is 63.7 Å². The van der Waals surface area contributed by atoms with Crippen molar-refractivity contribution in [3.8, 4) is 0 Å². The van der Waals surface area contributed by atoms with Crippen molar-refractivity contribution >= 4 is 17.8 Å². The number of hydrogen-bond acceptors (Lipinski definition) is 6. The fourth-order valence-corrected chi connectivity index (χ4v) is 6.13. The normalized spacial score (nSPS) is 34.3. The number of fused-ring (bicyclic) bond motifs is 1. The molecule has 2 amide bonds. The molecule has 0 aromatic heterocycles. The molecule has 3 rings (SSSR count). The molecule has 0 aromatic rings. The van der Waals surface area contributed by atoms with E-state index in [1.165, 1.54) is 11.0 Å². The maximum Gasteiger partial charge on any atom is 0.313 e. The van der Waals surface area contributed by atoms with Gasteiger partial charge in [0.1, 0.15) is 24.2 Å². The van der Waals surface area contributed by atoms with Gasteiger partial charge in [0, 0.05) is 19.6 Å². The highest BCUT2D eigenvalue weighted by atomic mass is 16.6. The zero-order valence-electron chi connectivity index (χ0n) is 20.1. The van der Waals surface area contributed by atoms with Crippen LogP contribution in [0.2, 0.25) is 0 Å². The van der Waals surface area contributed by atoms with E-state index >= 15 is 0 Å². The Kier molecular flexibility index (Phi) is 7.69. The van der Waals surface area contributed by atoms with E-state index < -0.39 is 35.0 Å². The predicted molar refractivity (Wildman–Crippen MR) is 123 cm³/mol. The van der Waals surface area contributed by atoms with Gasteiger partial charge in [-0.1, -0.05) is 45.4 Å². The number of rotatable bonds is 12. The highest BCUT2D eigenvalue weighted by Gasteiger charge is 2.80. The maximum absolute atomic E-state index is 13.9. The van der Waals surface area contributed by atoms with E-state index in [-0.39, 0.29) is 37.5 Å². The summed E-state index contributed by atoms with van der Waals surface area (Å²) in [5, 5.41) is 9.71. The molecule has 0 radical (unpaired) electrons. The summed E-state index contributed by atoms with van der Waals surface area (Å²) >= 11 is 0. The van der Waals surface area contributed by atoms with Crippen LogP contribution < -0.4 is 0 Å². The number of likely N-dealkylation sites (tertiary alicyclic amines) is 1. The van der Waals surface area contributed by atoms with Crippen LogP contribution >= 0.6 is 0 Å². The molecule has 3 saturated heterocycles. The second-order valence-corrected chi connectivity index (χ2v) is 9.66. The molecule has 8 heteroatoms. The lowest BCUT2D eigenvalue weighted by molar-refractivity contribution is -0.161. The molecule has 0 saturated carbocycles. The molecule has 6 atom stereocenters. The van der Waals surface area contributed by atoms with Gasteiger partial charge in [0.2, 0.25) is 11.8 Å². The fourth-order valence-electron chi connectivity index (χ4n) is 6.13. The standard InChI is InChI=1S/C25H38N2O6/c1-6-9-10-12-26(11-7-2)22(30)20-25-16-17(4)24(5,33-25)19(23(31)32-15-8-3)18(25)21(29)27(20)13-14-28/h7-8,17-20,28H,2-3,6,9-16H2,1,4-5H3/t17?,18-,19-,20?,24+,25?/m0/s1. The molecule has 8 nitrogen and oxygen atoms in total. The second-order valence-electron chi connectivity index (χ2n) is 9.66. The predicted octanol–water partition coefficient (Wildman–Crippen LogP) is 1.92. The molecule has 0 aromatic carbocycles. The summed E-state index contributed by atoms with van der Waals surface area (Å²) in [6.45, 7) is 14.0. The molecule has 1 N–H and O–H groups in total. The van der Waals surface area contributed by atoms with E-state index in [4.69, 9.17) is 9.47 Å². The first-order valence-electron chi connectivity index (χ1n) is 12.0. The van der Waals surface area contributed by atoms with Gasteiger partial charge in [-0.05, 0) is 25.7 Å². The van der Waals surface area contributed by atoms with E-state index in [0.29, 0.717) is 19.5 Å². The number of amides is 2. The molecule has 184 valence electrons. The molecule has 33 heavy (non-hydrogen) atoms. The van der Waals surface area contributed by atoms with Gasteiger partial charge in [0.05, 0.1) is 18.1 Å². The van der Waals surface area contributed by atoms with Crippen molar-refractivity contribution in [3.63, 3.8) is 0 Å². The van der Waals surface area contributed by atoms with E-state index in [0.717, 1.165) is 19.3 Å². The number of esters is 1. The molecule has 3 aliphatic rings. The Hall–Kier alpha value is -2.19. The average molecular weight is 463 g/mol. The minimum Gasteiger partial charge on any atom is -0.461 e. The van der Waals surface area contributed by atoms with Crippen LogP contribution in [0.3, 0.4) is 0 Å². The van der Waals surface area contributed by atoms with Gasteiger partial charge >= 0.3 is 5.97 Å². The van der Waals surface area contributed by atoms with Gasteiger partial charge in [0.15, 0.2) is 0 Å². The smallest absolute Gasteiger partial charge is 0.313 e. The van der Waals surface area contributed by atoms with Crippen LogP contribution in [0.1, 0.15) is 46.5 Å². The number of carbonyl (C=O) groups is 3. The number of carbonyl (C=O) groups excluding carboxylic acids is 3. The highest BCUT2D eigenvalue weighted by molar-refractivity contribution is 5.98. The largest absolute Gasteiger partial charge is 0.461 e. The van der Waals surface area contributed by atoms with Gasteiger partial charge in [-0.25, -0.2) is 0 Å². The van der Waals surface area contributed by atoms with Gasteiger partial charge in [-0.15, -0.1) is 6.58 Å². The quantitative estimate of drug-likeness (QED) is 0.270. The Bertz CT molecular complexity index is 800. The molecule has 3 fully saturated rings. The van der Waals surface area contributed by atoms with Crippen LogP contribution in [0.15, 0.2) is 25.3 Å². The van der Waals surface area contributed by atoms with Crippen LogP contribution in [0.5, 0.6) is 0 Å². The van der Waals surface area contributed by atoms with Gasteiger partial charge < -0.3 is 24.4 Å². The van der Waals surface area contributed by atoms with Crippen molar-refractivity contribution in [1.82, 2.24) is 9.80 Å². The summed E-state index contributed by atoms with van der Waals surface area (Å²) in [7, 11) is 0. The van der Waals surface area contributed by atoms with Gasteiger partial charge in [-0.3, -0.25) is 14.4 Å². The first-order chi connectivity index (χ1) is 15.7. The Balaban J connectivity index is 2.03. The van der Waals surface area contributed by atoms with Crippen molar-refractivity contribution in [1.29, 1.82) is 0 Å². The van der Waals surface area contributed by atoms with Crippen molar-refractivity contribution in [2.24, 2.45) is 17.8 Å². The number of hydrogen-bond donors (Lipinski definition) is 1. The molecule has 3 unspecified atom stereocenters. The van der Waals surface area contributed by atoms with E-state index in [9.17, 15) is 19.5 Å². The second kappa shape index (κ2) is 9.97. The molecule has 2 bridgehead atoms. The number of unbranched alkanes of at least 4 members (excludes halogenated alkanes) is 2. The Morgan fingerprint density at radius 3 is 2.67 bits per heavy atom. The van der Waals surface area contributed by atoms with Crippen molar-refractivity contribution in [2.75, 3.05) is 32.8 Å². The molecule has 0 aliphatic carbocycles. The zero-order valence-corrected chi connectivity index (χ0v) is 20.1. The van der Waals surface area contributed by atoms with E-state index in [2.05, 4.69) is 20.1 Å². The maximum atomic E-state index is 13.9. The van der Waals surface area contributed by atoms with Crippen LogP contribution in [0, 0.1) is 17.8 Å². The van der Waals surface area contributed by atoms with E-state index in [1.807, 2.05) is 13.8 Å². The van der Waals surface area contributed by atoms with Gasteiger partial charge in [0.25, 0.3) is 0 Å². The minimum atomic E-state index is -1.13.